The Morgan fingerprint density at radius 2 is 1.72 bits per heavy atom. The Kier molecular flexibility index (Phi) is 3.88. The fourth-order valence-corrected chi connectivity index (χ4v) is 1.39. The quantitative estimate of drug-likeness (QED) is 0.677. The van der Waals surface area contributed by atoms with Crippen LogP contribution in [-0.2, 0) is 4.79 Å². The molecule has 0 fully saturated rings. The molecule has 0 aliphatic carbocycles. The van der Waals surface area contributed by atoms with Gasteiger partial charge in [-0.1, -0.05) is 6.07 Å². The second kappa shape index (κ2) is 4.87. The van der Waals surface area contributed by atoms with Gasteiger partial charge in [-0.25, -0.2) is 13.2 Å². The second-order valence-electron chi connectivity index (χ2n) is 3.46. The predicted molar refractivity (Wildman–Crippen MR) is 47.4 cm³/mol. The predicted octanol–water partition coefficient (Wildman–Crippen LogP) is 3.22. The molecule has 1 rings (SSSR count). The molecule has 0 bridgehead atoms. The van der Waals surface area contributed by atoms with Crippen molar-refractivity contribution < 1.29 is 36.2 Å². The van der Waals surface area contributed by atoms with Crippen molar-refractivity contribution in [1.29, 1.82) is 0 Å². The van der Waals surface area contributed by atoms with Gasteiger partial charge in [0, 0.05) is 5.56 Å². The third-order valence-corrected chi connectivity index (χ3v) is 2.21. The van der Waals surface area contributed by atoms with Crippen LogP contribution in [0, 0.1) is 17.5 Å². The van der Waals surface area contributed by atoms with Gasteiger partial charge in [0.05, 0.1) is 12.3 Å². The largest absolute Gasteiger partial charge is 0.481 e. The third-order valence-electron chi connectivity index (χ3n) is 2.21. The molecule has 18 heavy (non-hydrogen) atoms. The fourth-order valence-electron chi connectivity index (χ4n) is 1.39. The van der Waals surface area contributed by atoms with Gasteiger partial charge in [0.25, 0.3) is 0 Å². The van der Waals surface area contributed by atoms with Crippen LogP contribution in [0.25, 0.3) is 0 Å². The summed E-state index contributed by atoms with van der Waals surface area (Å²) >= 11 is 0. The highest BCUT2D eigenvalue weighted by atomic mass is 19.4. The number of benzene rings is 1. The van der Waals surface area contributed by atoms with Crippen LogP contribution in [0.15, 0.2) is 12.1 Å². The molecule has 1 unspecified atom stereocenters. The number of carbonyl (C=O) groups is 1. The fraction of sp³-hybridized carbons (Fsp3) is 0.300. The summed E-state index contributed by atoms with van der Waals surface area (Å²) in [6, 6.07) is 0.698. The van der Waals surface area contributed by atoms with Gasteiger partial charge in [0.15, 0.2) is 17.5 Å². The van der Waals surface area contributed by atoms with Crippen molar-refractivity contribution in [1.82, 2.24) is 0 Å². The minimum atomic E-state index is -5.08. The first-order valence-electron chi connectivity index (χ1n) is 4.56. The number of aliphatic carboxylic acids is 1. The standard InChI is InChI=1S/C10H6F6O2/c11-6-2-1-4(8(12)9(6)13)5(3-7(17)18)10(14,15)16/h1-2,5H,3H2,(H,17,18). The van der Waals surface area contributed by atoms with E-state index in [0.29, 0.717) is 12.1 Å². The van der Waals surface area contributed by atoms with Crippen molar-refractivity contribution in [2.75, 3.05) is 0 Å². The van der Waals surface area contributed by atoms with E-state index in [4.69, 9.17) is 5.11 Å². The van der Waals surface area contributed by atoms with Crippen LogP contribution in [0.3, 0.4) is 0 Å². The van der Waals surface area contributed by atoms with Crippen molar-refractivity contribution in [3.63, 3.8) is 0 Å². The summed E-state index contributed by atoms with van der Waals surface area (Å²) in [4.78, 5) is 10.3. The van der Waals surface area contributed by atoms with Crippen molar-refractivity contribution in [3.05, 3.63) is 35.1 Å². The lowest BCUT2D eigenvalue weighted by molar-refractivity contribution is -0.163. The number of carboxylic acid groups (broad SMARTS) is 1. The van der Waals surface area contributed by atoms with Crippen molar-refractivity contribution in [3.8, 4) is 0 Å². The number of alkyl halides is 3. The van der Waals surface area contributed by atoms with Crippen LogP contribution in [0.2, 0.25) is 0 Å². The molecule has 0 heterocycles. The first-order chi connectivity index (χ1) is 8.14. The number of hydrogen-bond acceptors (Lipinski definition) is 1. The molecule has 1 aromatic carbocycles. The van der Waals surface area contributed by atoms with Crippen LogP contribution in [0.5, 0.6) is 0 Å². The highest BCUT2D eigenvalue weighted by Gasteiger charge is 2.44. The highest BCUT2D eigenvalue weighted by molar-refractivity contribution is 5.68. The van der Waals surface area contributed by atoms with E-state index in [-0.39, 0.29) is 0 Å². The van der Waals surface area contributed by atoms with Crippen LogP contribution in [-0.4, -0.2) is 17.3 Å². The molecule has 0 spiro atoms. The number of carboxylic acids is 1. The van der Waals surface area contributed by atoms with E-state index in [1.165, 1.54) is 0 Å². The zero-order chi connectivity index (χ0) is 14.1. The minimum absolute atomic E-state index is 0.314. The molecular weight excluding hydrogens is 266 g/mol. The zero-order valence-corrected chi connectivity index (χ0v) is 8.56. The van der Waals surface area contributed by atoms with Crippen molar-refractivity contribution >= 4 is 5.97 Å². The Bertz CT molecular complexity index is 468. The summed E-state index contributed by atoms with van der Waals surface area (Å²) in [5, 5.41) is 8.33. The average molecular weight is 272 g/mol. The molecule has 0 saturated carbocycles. The molecule has 0 saturated heterocycles. The molecule has 0 amide bonds. The maximum Gasteiger partial charge on any atom is 0.396 e. The summed E-state index contributed by atoms with van der Waals surface area (Å²) in [7, 11) is 0. The van der Waals surface area contributed by atoms with Crippen molar-refractivity contribution in [2.24, 2.45) is 0 Å². The normalized spacial score (nSPS) is 13.4. The average Bonchev–Trinajstić information content (AvgIpc) is 2.22. The lowest BCUT2D eigenvalue weighted by Crippen LogP contribution is -2.25. The second-order valence-corrected chi connectivity index (χ2v) is 3.46. The summed E-state index contributed by atoms with van der Waals surface area (Å²) in [6.07, 6.45) is -6.55. The summed E-state index contributed by atoms with van der Waals surface area (Å²) in [5.74, 6) is -10.3. The van der Waals surface area contributed by atoms with E-state index >= 15 is 0 Å². The topological polar surface area (TPSA) is 37.3 Å². The third kappa shape index (κ3) is 2.93. The SMILES string of the molecule is O=C(O)CC(c1ccc(F)c(F)c1F)C(F)(F)F. The maximum absolute atomic E-state index is 13.2. The monoisotopic (exact) mass is 272 g/mol. The Morgan fingerprint density at radius 1 is 1.17 bits per heavy atom. The summed E-state index contributed by atoms with van der Waals surface area (Å²) < 4.78 is 76.2. The molecule has 100 valence electrons. The van der Waals surface area contributed by atoms with Gasteiger partial charge >= 0.3 is 12.1 Å². The van der Waals surface area contributed by atoms with E-state index in [2.05, 4.69) is 0 Å². The molecule has 1 aromatic rings. The van der Waals surface area contributed by atoms with E-state index in [0.717, 1.165) is 0 Å². The van der Waals surface area contributed by atoms with Gasteiger partial charge in [-0.05, 0) is 6.07 Å². The Labute approximate surface area is 96.8 Å². The minimum Gasteiger partial charge on any atom is -0.481 e. The first kappa shape index (κ1) is 14.3. The first-order valence-corrected chi connectivity index (χ1v) is 4.56. The molecule has 0 aromatic heterocycles. The van der Waals surface area contributed by atoms with Crippen LogP contribution in [0.1, 0.15) is 17.9 Å². The Morgan fingerprint density at radius 3 is 2.17 bits per heavy atom. The van der Waals surface area contributed by atoms with E-state index in [1.54, 1.807) is 0 Å². The van der Waals surface area contributed by atoms with Gasteiger partial charge in [0.1, 0.15) is 0 Å². The Hall–Kier alpha value is -1.73. The van der Waals surface area contributed by atoms with E-state index in [9.17, 15) is 31.1 Å². The van der Waals surface area contributed by atoms with Crippen molar-refractivity contribution in [2.45, 2.75) is 18.5 Å². The number of rotatable bonds is 3. The van der Waals surface area contributed by atoms with Crippen LogP contribution < -0.4 is 0 Å². The maximum atomic E-state index is 13.2. The molecule has 8 heteroatoms. The number of halogens is 6. The lowest BCUT2D eigenvalue weighted by Gasteiger charge is -2.19. The van der Waals surface area contributed by atoms with Gasteiger partial charge in [-0.3, -0.25) is 4.79 Å². The summed E-state index contributed by atoms with van der Waals surface area (Å²) in [6.45, 7) is 0. The lowest BCUT2D eigenvalue weighted by atomic mass is 9.94. The van der Waals surface area contributed by atoms with E-state index in [1.807, 2.05) is 0 Å². The Balaban J connectivity index is 3.30. The molecule has 1 atom stereocenters. The van der Waals surface area contributed by atoms with Gasteiger partial charge in [0.2, 0.25) is 0 Å². The van der Waals surface area contributed by atoms with Gasteiger partial charge < -0.3 is 5.11 Å². The zero-order valence-electron chi connectivity index (χ0n) is 8.56. The molecule has 0 radical (unpaired) electrons. The van der Waals surface area contributed by atoms with Gasteiger partial charge in [-0.2, -0.15) is 13.2 Å². The molecule has 0 aliphatic heterocycles. The molecular formula is C10H6F6O2. The summed E-state index contributed by atoms with van der Waals surface area (Å²) in [5.41, 5.74) is -1.23. The smallest absolute Gasteiger partial charge is 0.396 e. The molecule has 0 aliphatic rings. The van der Waals surface area contributed by atoms with Crippen LogP contribution in [0.4, 0.5) is 26.3 Å². The van der Waals surface area contributed by atoms with Gasteiger partial charge in [-0.15, -0.1) is 0 Å². The number of hydrogen-bond donors (Lipinski definition) is 1. The van der Waals surface area contributed by atoms with Crippen LogP contribution >= 0.6 is 0 Å². The van der Waals surface area contributed by atoms with E-state index < -0.39 is 47.5 Å². The molecule has 1 N–H and O–H groups in total. The highest BCUT2D eigenvalue weighted by Crippen LogP contribution is 2.39. The molecule has 2 nitrogen and oxygen atoms in total.